The van der Waals surface area contributed by atoms with Gasteiger partial charge in [0.15, 0.2) is 0 Å². The van der Waals surface area contributed by atoms with Gasteiger partial charge in [-0.15, -0.1) is 0 Å². The van der Waals surface area contributed by atoms with Gasteiger partial charge in [0, 0.05) is 5.71 Å². The van der Waals surface area contributed by atoms with E-state index in [0.717, 1.165) is 12.1 Å². The van der Waals surface area contributed by atoms with Gasteiger partial charge in [-0.1, -0.05) is 13.3 Å². The van der Waals surface area contributed by atoms with Crippen molar-refractivity contribution in [3.05, 3.63) is 11.9 Å². The van der Waals surface area contributed by atoms with E-state index in [1.54, 1.807) is 27.7 Å². The highest BCUT2D eigenvalue weighted by molar-refractivity contribution is 5.98. The first kappa shape index (κ1) is 19.4. The molecule has 120 valence electrons. The summed E-state index contributed by atoms with van der Waals surface area (Å²) in [6, 6.07) is -0.534. The van der Waals surface area contributed by atoms with E-state index >= 15 is 0 Å². The predicted octanol–water partition coefficient (Wildman–Crippen LogP) is 2.36. The summed E-state index contributed by atoms with van der Waals surface area (Å²) < 4.78 is 13.8. The number of amides is 1. The van der Waals surface area contributed by atoms with Gasteiger partial charge in [-0.05, 0) is 40.2 Å². The van der Waals surface area contributed by atoms with Gasteiger partial charge >= 0.3 is 0 Å². The molecule has 6 heteroatoms. The molecule has 0 saturated heterocycles. The lowest BCUT2D eigenvalue weighted by Gasteiger charge is -2.22. The summed E-state index contributed by atoms with van der Waals surface area (Å²) in [5.41, 5.74) is 12.4. The molecule has 0 aromatic heterocycles. The van der Waals surface area contributed by atoms with Crippen molar-refractivity contribution < 1.29 is 9.18 Å². The second-order valence-electron chi connectivity index (χ2n) is 5.20. The monoisotopic (exact) mass is 298 g/mol. The zero-order valence-corrected chi connectivity index (χ0v) is 13.6. The Balaban J connectivity index is 5.42. The number of nitrogens with zero attached hydrogens (tertiary/aromatic N) is 2. The number of aliphatic imine (C=N–C) groups is 2. The van der Waals surface area contributed by atoms with Gasteiger partial charge in [-0.25, -0.2) is 4.39 Å². The summed E-state index contributed by atoms with van der Waals surface area (Å²) in [7, 11) is 0. The Morgan fingerprint density at radius 3 is 2.29 bits per heavy atom. The fraction of sp³-hybridized carbons (Fsp3) is 0.667. The summed E-state index contributed by atoms with van der Waals surface area (Å²) >= 11 is 0. The molecule has 0 heterocycles. The predicted molar refractivity (Wildman–Crippen MR) is 86.1 cm³/mol. The van der Waals surface area contributed by atoms with Crippen LogP contribution in [0, 0.1) is 5.92 Å². The average Bonchev–Trinajstić information content (AvgIpc) is 2.35. The van der Waals surface area contributed by atoms with Gasteiger partial charge in [0.05, 0.1) is 17.7 Å². The molecule has 3 atom stereocenters. The molecule has 4 N–H and O–H groups in total. The number of primary amides is 1. The van der Waals surface area contributed by atoms with Crippen molar-refractivity contribution in [1.82, 2.24) is 0 Å². The van der Waals surface area contributed by atoms with Crippen LogP contribution in [0.25, 0.3) is 0 Å². The lowest BCUT2D eigenvalue weighted by Crippen LogP contribution is -2.44. The van der Waals surface area contributed by atoms with Gasteiger partial charge in [-0.3, -0.25) is 14.8 Å². The molecule has 21 heavy (non-hydrogen) atoms. The van der Waals surface area contributed by atoms with Crippen LogP contribution in [0.15, 0.2) is 21.9 Å². The minimum Gasteiger partial charge on any atom is -0.369 e. The molecule has 0 fully saturated rings. The van der Waals surface area contributed by atoms with E-state index in [9.17, 15) is 9.18 Å². The van der Waals surface area contributed by atoms with Crippen LogP contribution >= 0.6 is 0 Å². The molecule has 0 rings (SSSR count). The Hall–Kier alpha value is -1.56. The van der Waals surface area contributed by atoms with E-state index in [4.69, 9.17) is 11.5 Å². The fourth-order valence-electron chi connectivity index (χ4n) is 2.04. The van der Waals surface area contributed by atoms with Gasteiger partial charge < -0.3 is 11.5 Å². The SMILES string of the molecule is CC=C(F)C(CCC)=NC(C)C(C(N)=O)C(N)N=C(C)C. The zero-order valence-electron chi connectivity index (χ0n) is 13.6. The van der Waals surface area contributed by atoms with Crippen LogP contribution in [-0.2, 0) is 4.79 Å². The number of hydrogen-bond donors (Lipinski definition) is 2. The number of carbonyl (C=O) groups is 1. The van der Waals surface area contributed by atoms with Crippen LogP contribution in [-0.4, -0.2) is 29.5 Å². The smallest absolute Gasteiger partial charge is 0.226 e. The van der Waals surface area contributed by atoms with E-state index in [1.807, 2.05) is 6.92 Å². The summed E-state index contributed by atoms with van der Waals surface area (Å²) in [5.74, 6) is -1.73. The Morgan fingerprint density at radius 1 is 1.33 bits per heavy atom. The van der Waals surface area contributed by atoms with Crippen LogP contribution in [0.5, 0.6) is 0 Å². The lowest BCUT2D eigenvalue weighted by atomic mass is 9.97. The summed E-state index contributed by atoms with van der Waals surface area (Å²) in [6.07, 6.45) is 1.83. The summed E-state index contributed by atoms with van der Waals surface area (Å²) in [4.78, 5) is 20.1. The van der Waals surface area contributed by atoms with E-state index in [2.05, 4.69) is 9.98 Å². The van der Waals surface area contributed by atoms with E-state index < -0.39 is 24.0 Å². The molecule has 0 aromatic rings. The first-order valence-corrected chi connectivity index (χ1v) is 7.19. The minimum absolute atomic E-state index is 0.336. The topological polar surface area (TPSA) is 93.8 Å². The third-order valence-electron chi connectivity index (χ3n) is 3.00. The molecule has 3 unspecified atom stereocenters. The van der Waals surface area contributed by atoms with Crippen molar-refractivity contribution in [3.8, 4) is 0 Å². The molecule has 0 aliphatic heterocycles. The second-order valence-corrected chi connectivity index (χ2v) is 5.20. The van der Waals surface area contributed by atoms with Crippen LogP contribution in [0.1, 0.15) is 47.5 Å². The highest BCUT2D eigenvalue weighted by Gasteiger charge is 2.29. The van der Waals surface area contributed by atoms with Gasteiger partial charge in [0.2, 0.25) is 5.91 Å². The molecule has 0 aliphatic carbocycles. The average molecular weight is 298 g/mol. The Labute approximate surface area is 126 Å². The molecule has 0 aromatic carbocycles. The zero-order chi connectivity index (χ0) is 16.6. The van der Waals surface area contributed by atoms with Crippen LogP contribution in [0.2, 0.25) is 0 Å². The van der Waals surface area contributed by atoms with Crippen LogP contribution < -0.4 is 11.5 Å². The van der Waals surface area contributed by atoms with Crippen LogP contribution in [0.3, 0.4) is 0 Å². The number of nitrogens with two attached hydrogens (primary N) is 2. The number of hydrogen-bond acceptors (Lipinski definition) is 4. The van der Waals surface area contributed by atoms with Crippen molar-refractivity contribution >= 4 is 17.3 Å². The highest BCUT2D eigenvalue weighted by atomic mass is 19.1. The van der Waals surface area contributed by atoms with E-state index in [1.165, 1.54) is 6.08 Å². The molecule has 0 saturated carbocycles. The van der Waals surface area contributed by atoms with Gasteiger partial charge in [-0.2, -0.15) is 0 Å². The largest absolute Gasteiger partial charge is 0.369 e. The van der Waals surface area contributed by atoms with E-state index in [0.29, 0.717) is 12.1 Å². The molecule has 0 radical (unpaired) electrons. The molecule has 0 aliphatic rings. The van der Waals surface area contributed by atoms with Crippen LogP contribution in [0.4, 0.5) is 4.39 Å². The Bertz CT molecular complexity index is 439. The summed E-state index contributed by atoms with van der Waals surface area (Å²) in [6.45, 7) is 8.81. The number of halogens is 1. The van der Waals surface area contributed by atoms with Crippen molar-refractivity contribution in [2.24, 2.45) is 27.4 Å². The molecular weight excluding hydrogens is 271 g/mol. The van der Waals surface area contributed by atoms with E-state index in [-0.39, 0.29) is 5.83 Å². The molecule has 1 amide bonds. The maximum atomic E-state index is 13.8. The first-order valence-electron chi connectivity index (χ1n) is 7.19. The van der Waals surface area contributed by atoms with Gasteiger partial charge in [0.25, 0.3) is 0 Å². The Morgan fingerprint density at radius 2 is 1.90 bits per heavy atom. The maximum Gasteiger partial charge on any atom is 0.226 e. The van der Waals surface area contributed by atoms with Crippen molar-refractivity contribution in [2.75, 3.05) is 0 Å². The van der Waals surface area contributed by atoms with Crippen molar-refractivity contribution in [1.29, 1.82) is 0 Å². The Kier molecular flexibility index (Phi) is 8.69. The molecule has 0 spiro atoms. The van der Waals surface area contributed by atoms with Crippen molar-refractivity contribution in [3.63, 3.8) is 0 Å². The highest BCUT2D eigenvalue weighted by Crippen LogP contribution is 2.16. The summed E-state index contributed by atoms with van der Waals surface area (Å²) in [5, 5.41) is 0. The van der Waals surface area contributed by atoms with Crippen molar-refractivity contribution in [2.45, 2.75) is 59.7 Å². The molecule has 0 bridgehead atoms. The second kappa shape index (κ2) is 9.39. The maximum absolute atomic E-state index is 13.8. The number of allylic oxidation sites excluding steroid dienone is 2. The quantitative estimate of drug-likeness (QED) is 0.673. The minimum atomic E-state index is -0.775. The lowest BCUT2D eigenvalue weighted by molar-refractivity contribution is -0.122. The van der Waals surface area contributed by atoms with Gasteiger partial charge in [0.1, 0.15) is 12.0 Å². The molecule has 5 nitrogen and oxygen atoms in total. The normalized spacial score (nSPS) is 17.1. The first-order chi connectivity index (χ1) is 9.74. The standard InChI is InChI=1S/C15H27FN4O/c1-6-8-12(11(16)7-2)20-10(5)13(15(18)21)14(17)19-9(3)4/h7,10,13-14H,6,8,17H2,1-5H3,(H2,18,21). The number of carbonyl (C=O) groups excluding carboxylic acids is 1. The third-order valence-corrected chi connectivity index (χ3v) is 3.00. The number of rotatable bonds is 8. The molecular formula is C15H27FN4O. The third kappa shape index (κ3) is 6.62. The fourth-order valence-corrected chi connectivity index (χ4v) is 2.04.